The van der Waals surface area contributed by atoms with Crippen molar-refractivity contribution in [2.45, 2.75) is 39.2 Å². The van der Waals surface area contributed by atoms with Crippen LogP contribution in [-0.4, -0.2) is 63.3 Å². The third-order valence-electron chi connectivity index (χ3n) is 4.65. The van der Waals surface area contributed by atoms with Crippen molar-refractivity contribution in [2.75, 3.05) is 46.4 Å². The highest BCUT2D eigenvalue weighted by atomic mass is 127. The molecule has 1 saturated heterocycles. The van der Waals surface area contributed by atoms with Crippen molar-refractivity contribution < 1.29 is 9.47 Å². The van der Waals surface area contributed by atoms with Crippen LogP contribution < -0.4 is 20.1 Å². The van der Waals surface area contributed by atoms with E-state index in [0.29, 0.717) is 12.6 Å². The van der Waals surface area contributed by atoms with E-state index in [9.17, 15) is 0 Å². The first-order valence-electron chi connectivity index (χ1n) is 10.3. The predicted octanol–water partition coefficient (Wildman–Crippen LogP) is 3.68. The molecule has 6 nitrogen and oxygen atoms in total. The molecule has 1 heterocycles. The lowest BCUT2D eigenvalue weighted by atomic mass is 10.0. The first kappa shape index (κ1) is 25.6. The van der Waals surface area contributed by atoms with Crippen molar-refractivity contribution in [3.63, 3.8) is 0 Å². The summed E-state index contributed by atoms with van der Waals surface area (Å²) in [7, 11) is 1.66. The van der Waals surface area contributed by atoms with E-state index in [-0.39, 0.29) is 24.0 Å². The van der Waals surface area contributed by atoms with Gasteiger partial charge in [0.15, 0.2) is 5.96 Å². The number of hydrogen-bond donors (Lipinski definition) is 2. The van der Waals surface area contributed by atoms with Crippen molar-refractivity contribution in [3.05, 3.63) is 36.4 Å². The number of nitrogens with one attached hydrogen (secondary N) is 2. The fraction of sp³-hybridized carbons (Fsp3) is 0.591. The molecule has 2 rings (SSSR count). The average molecular weight is 516 g/mol. The van der Waals surface area contributed by atoms with Crippen LogP contribution in [0.5, 0.6) is 11.5 Å². The number of guanidine groups is 1. The zero-order chi connectivity index (χ0) is 20.2. The summed E-state index contributed by atoms with van der Waals surface area (Å²) in [4.78, 5) is 7.17. The Hall–Kier alpha value is -1.48. The van der Waals surface area contributed by atoms with Crippen LogP contribution in [0.4, 0.5) is 0 Å². The monoisotopic (exact) mass is 516 g/mol. The quantitative estimate of drug-likeness (QED) is 0.163. The Bertz CT molecular complexity index is 631. The third-order valence-corrected chi connectivity index (χ3v) is 4.65. The molecular weight excluding hydrogens is 479 g/mol. The molecule has 2 N–H and O–H groups in total. The number of piperidine rings is 1. The highest BCUT2D eigenvalue weighted by Crippen LogP contribution is 2.18. The van der Waals surface area contributed by atoms with Gasteiger partial charge in [0.2, 0.25) is 0 Å². The van der Waals surface area contributed by atoms with E-state index in [2.05, 4.69) is 36.0 Å². The maximum Gasteiger partial charge on any atom is 0.191 e. The smallest absolute Gasteiger partial charge is 0.191 e. The van der Waals surface area contributed by atoms with Gasteiger partial charge < -0.3 is 20.1 Å². The maximum absolute atomic E-state index is 5.78. The van der Waals surface area contributed by atoms with Crippen LogP contribution in [-0.2, 0) is 0 Å². The summed E-state index contributed by atoms with van der Waals surface area (Å²) in [6.07, 6.45) is 3.14. The molecule has 0 unspecified atom stereocenters. The number of halogens is 1. The molecule has 29 heavy (non-hydrogen) atoms. The Kier molecular flexibility index (Phi) is 12.8. The van der Waals surface area contributed by atoms with Crippen molar-refractivity contribution in [1.82, 2.24) is 15.5 Å². The molecule has 1 fully saturated rings. The number of hydrogen-bond acceptors (Lipinski definition) is 4. The van der Waals surface area contributed by atoms with E-state index >= 15 is 0 Å². The van der Waals surface area contributed by atoms with E-state index in [4.69, 9.17) is 14.5 Å². The Morgan fingerprint density at radius 2 is 2.00 bits per heavy atom. The largest absolute Gasteiger partial charge is 0.497 e. The van der Waals surface area contributed by atoms with Gasteiger partial charge in [0.1, 0.15) is 11.5 Å². The Labute approximate surface area is 193 Å². The summed E-state index contributed by atoms with van der Waals surface area (Å²) in [5, 5.41) is 6.94. The second kappa shape index (κ2) is 14.5. The summed E-state index contributed by atoms with van der Waals surface area (Å²) >= 11 is 0. The van der Waals surface area contributed by atoms with Gasteiger partial charge in [0, 0.05) is 51.3 Å². The van der Waals surface area contributed by atoms with Gasteiger partial charge in [-0.3, -0.25) is 9.89 Å². The van der Waals surface area contributed by atoms with Gasteiger partial charge in [-0.2, -0.15) is 0 Å². The van der Waals surface area contributed by atoms with Crippen molar-refractivity contribution in [2.24, 2.45) is 4.99 Å². The summed E-state index contributed by atoms with van der Waals surface area (Å²) < 4.78 is 11.0. The van der Waals surface area contributed by atoms with E-state index in [1.165, 1.54) is 5.57 Å². The Morgan fingerprint density at radius 1 is 1.28 bits per heavy atom. The Balaban J connectivity index is 0.00000420. The molecule has 0 atom stereocenters. The van der Waals surface area contributed by atoms with Gasteiger partial charge in [0.05, 0.1) is 13.7 Å². The van der Waals surface area contributed by atoms with Crippen LogP contribution in [0.1, 0.15) is 33.1 Å². The topological polar surface area (TPSA) is 58.1 Å². The number of benzene rings is 1. The van der Waals surface area contributed by atoms with E-state index in [1.807, 2.05) is 24.3 Å². The van der Waals surface area contributed by atoms with Gasteiger partial charge in [-0.1, -0.05) is 18.2 Å². The Morgan fingerprint density at radius 3 is 2.66 bits per heavy atom. The molecule has 0 spiro atoms. The minimum Gasteiger partial charge on any atom is -0.497 e. The number of rotatable bonds is 10. The van der Waals surface area contributed by atoms with Crippen LogP contribution in [0, 0.1) is 0 Å². The highest BCUT2D eigenvalue weighted by molar-refractivity contribution is 14.0. The van der Waals surface area contributed by atoms with Gasteiger partial charge in [-0.25, -0.2) is 0 Å². The highest BCUT2D eigenvalue weighted by Gasteiger charge is 2.19. The van der Waals surface area contributed by atoms with Crippen LogP contribution in [0.3, 0.4) is 0 Å². The first-order chi connectivity index (χ1) is 13.6. The molecule has 164 valence electrons. The molecule has 0 saturated carbocycles. The summed E-state index contributed by atoms with van der Waals surface area (Å²) in [6, 6.07) is 8.16. The molecule has 0 aliphatic carbocycles. The van der Waals surface area contributed by atoms with Gasteiger partial charge in [-0.05, 0) is 38.8 Å². The second-order valence-corrected chi connectivity index (χ2v) is 7.29. The molecule has 0 amide bonds. The maximum atomic E-state index is 5.78. The second-order valence-electron chi connectivity index (χ2n) is 7.29. The van der Waals surface area contributed by atoms with Crippen molar-refractivity contribution in [1.29, 1.82) is 0 Å². The SMILES string of the molecule is C=C(C)CN1CCC(NC(=NCCCOc2cccc(OC)c2)NCC)CC1.I. The average Bonchev–Trinajstić information content (AvgIpc) is 2.69. The lowest BCUT2D eigenvalue weighted by Crippen LogP contribution is -2.48. The summed E-state index contributed by atoms with van der Waals surface area (Å²) in [6.45, 7) is 13.7. The fourth-order valence-corrected chi connectivity index (χ4v) is 3.27. The minimum atomic E-state index is 0. The zero-order valence-electron chi connectivity index (χ0n) is 18.1. The van der Waals surface area contributed by atoms with Crippen LogP contribution >= 0.6 is 24.0 Å². The first-order valence-corrected chi connectivity index (χ1v) is 10.3. The lowest BCUT2D eigenvalue weighted by molar-refractivity contribution is 0.221. The molecule has 1 aliphatic rings. The van der Waals surface area contributed by atoms with Crippen molar-refractivity contribution >= 4 is 29.9 Å². The van der Waals surface area contributed by atoms with Gasteiger partial charge in [0.25, 0.3) is 0 Å². The van der Waals surface area contributed by atoms with Crippen LogP contribution in [0.2, 0.25) is 0 Å². The van der Waals surface area contributed by atoms with Gasteiger partial charge in [-0.15, -0.1) is 24.0 Å². The third kappa shape index (κ3) is 10.2. The van der Waals surface area contributed by atoms with Crippen molar-refractivity contribution in [3.8, 4) is 11.5 Å². The molecule has 0 bridgehead atoms. The van der Waals surface area contributed by atoms with Crippen LogP contribution in [0.25, 0.3) is 0 Å². The number of methoxy groups -OCH3 is 1. The molecule has 1 aliphatic heterocycles. The number of likely N-dealkylation sites (tertiary alicyclic amines) is 1. The summed E-state index contributed by atoms with van der Waals surface area (Å²) in [5.74, 6) is 2.54. The predicted molar refractivity (Wildman–Crippen MR) is 132 cm³/mol. The number of aliphatic imine (C=N–C) groups is 1. The number of ether oxygens (including phenoxy) is 2. The molecular formula is C22H37IN4O2. The van der Waals surface area contributed by atoms with Gasteiger partial charge >= 0.3 is 0 Å². The standard InChI is InChI=1S/C22H36N4O2.HI/c1-5-23-22(25-19-10-13-26(14-11-19)17-18(2)3)24-12-7-15-28-21-9-6-8-20(16-21)27-4;/h6,8-9,16,19H,2,5,7,10-15,17H2,1,3-4H3,(H2,23,24,25);1H. The lowest BCUT2D eigenvalue weighted by Gasteiger charge is -2.33. The van der Waals surface area contributed by atoms with E-state index < -0.39 is 0 Å². The summed E-state index contributed by atoms with van der Waals surface area (Å²) in [5.41, 5.74) is 1.23. The molecule has 0 radical (unpaired) electrons. The van der Waals surface area contributed by atoms with Crippen LogP contribution in [0.15, 0.2) is 41.4 Å². The normalized spacial score (nSPS) is 15.3. The van der Waals surface area contributed by atoms with E-state index in [1.54, 1.807) is 7.11 Å². The zero-order valence-corrected chi connectivity index (χ0v) is 20.4. The molecule has 7 heteroatoms. The fourth-order valence-electron chi connectivity index (χ4n) is 3.27. The van der Waals surface area contributed by atoms with E-state index in [0.717, 1.165) is 69.4 Å². The molecule has 0 aromatic heterocycles. The minimum absolute atomic E-state index is 0. The number of nitrogens with zero attached hydrogens (tertiary/aromatic N) is 2. The molecule has 1 aromatic carbocycles. The molecule has 1 aromatic rings.